The van der Waals surface area contributed by atoms with Gasteiger partial charge in [-0.15, -0.1) is 0 Å². The van der Waals surface area contributed by atoms with E-state index >= 15 is 0 Å². The highest BCUT2D eigenvalue weighted by Gasteiger charge is 2.38. The summed E-state index contributed by atoms with van der Waals surface area (Å²) < 4.78 is 39.6. The van der Waals surface area contributed by atoms with E-state index in [0.29, 0.717) is 0 Å². The SMILES string of the molecule is N#CCC1=C(F)C(F)C(C#N)C(F)=C1I. The lowest BCUT2D eigenvalue weighted by Gasteiger charge is -2.20. The largest absolute Gasteiger partial charge is 0.238 e. The Morgan fingerprint density at radius 1 is 1.27 bits per heavy atom. The Morgan fingerprint density at radius 2 is 1.87 bits per heavy atom. The van der Waals surface area contributed by atoms with Crippen molar-refractivity contribution in [1.29, 1.82) is 10.5 Å². The van der Waals surface area contributed by atoms with Gasteiger partial charge in [0.05, 0.1) is 22.1 Å². The Morgan fingerprint density at radius 3 is 2.33 bits per heavy atom. The zero-order valence-electron chi connectivity index (χ0n) is 7.27. The topological polar surface area (TPSA) is 47.6 Å². The van der Waals surface area contributed by atoms with Gasteiger partial charge in [0.25, 0.3) is 0 Å². The lowest BCUT2D eigenvalue weighted by Crippen LogP contribution is -2.22. The van der Waals surface area contributed by atoms with Gasteiger partial charge in [-0.05, 0) is 22.6 Å². The number of hydrogen-bond acceptors (Lipinski definition) is 2. The highest BCUT2D eigenvalue weighted by atomic mass is 127. The standard InChI is InChI=1S/C9H4F3IN2/c10-6-4(1-2-14)9(13)8(12)5(3-15)7(6)11/h5,7H,1H2. The van der Waals surface area contributed by atoms with Crippen LogP contribution in [0.25, 0.3) is 0 Å². The Labute approximate surface area is 97.8 Å². The minimum absolute atomic E-state index is 0.174. The molecule has 78 valence electrons. The fourth-order valence-corrected chi connectivity index (χ4v) is 1.97. The molecule has 0 fully saturated rings. The van der Waals surface area contributed by atoms with Crippen molar-refractivity contribution in [2.45, 2.75) is 12.6 Å². The molecule has 0 bridgehead atoms. The normalized spacial score (nSPS) is 26.3. The Kier molecular flexibility index (Phi) is 3.75. The summed E-state index contributed by atoms with van der Waals surface area (Å²) in [5.41, 5.74) is -0.297. The molecule has 0 N–H and O–H groups in total. The van der Waals surface area contributed by atoms with Crippen LogP contribution in [0.5, 0.6) is 0 Å². The van der Waals surface area contributed by atoms with Crippen LogP contribution < -0.4 is 0 Å². The van der Waals surface area contributed by atoms with E-state index in [-0.39, 0.29) is 9.15 Å². The molecule has 0 aromatic heterocycles. The predicted molar refractivity (Wildman–Crippen MR) is 54.5 cm³/mol. The number of nitrogens with zero attached hydrogens (tertiary/aromatic N) is 2. The first-order valence-electron chi connectivity index (χ1n) is 3.89. The van der Waals surface area contributed by atoms with E-state index in [1.165, 1.54) is 28.7 Å². The molecule has 2 nitrogen and oxygen atoms in total. The van der Waals surface area contributed by atoms with Gasteiger partial charge in [0.1, 0.15) is 17.6 Å². The molecule has 0 aromatic carbocycles. The maximum atomic E-state index is 13.3. The fraction of sp³-hybridized carbons (Fsp3) is 0.333. The van der Waals surface area contributed by atoms with Gasteiger partial charge in [-0.3, -0.25) is 0 Å². The lowest BCUT2D eigenvalue weighted by molar-refractivity contribution is 0.258. The summed E-state index contributed by atoms with van der Waals surface area (Å²) in [5.74, 6) is -3.95. The van der Waals surface area contributed by atoms with Crippen LogP contribution >= 0.6 is 22.6 Å². The molecule has 2 unspecified atom stereocenters. The average Bonchev–Trinajstić information content (AvgIpc) is 2.23. The predicted octanol–water partition coefficient (Wildman–Crippen LogP) is 3.23. The van der Waals surface area contributed by atoms with Crippen molar-refractivity contribution in [3.8, 4) is 12.1 Å². The van der Waals surface area contributed by atoms with Crippen LogP contribution in [0, 0.1) is 28.6 Å². The zero-order valence-corrected chi connectivity index (χ0v) is 9.43. The number of rotatable bonds is 1. The fourth-order valence-electron chi connectivity index (χ4n) is 1.19. The van der Waals surface area contributed by atoms with E-state index in [9.17, 15) is 13.2 Å². The molecule has 0 aliphatic heterocycles. The van der Waals surface area contributed by atoms with Crippen molar-refractivity contribution < 1.29 is 13.2 Å². The highest BCUT2D eigenvalue weighted by molar-refractivity contribution is 14.1. The van der Waals surface area contributed by atoms with Crippen molar-refractivity contribution in [2.24, 2.45) is 5.92 Å². The molecule has 1 aliphatic rings. The molecule has 1 rings (SSSR count). The number of hydrogen-bond donors (Lipinski definition) is 0. The molecule has 0 amide bonds. The van der Waals surface area contributed by atoms with Crippen LogP contribution in [0.3, 0.4) is 0 Å². The summed E-state index contributed by atoms with van der Waals surface area (Å²) in [7, 11) is 0. The quantitative estimate of drug-likeness (QED) is 0.695. The summed E-state index contributed by atoms with van der Waals surface area (Å²) in [6, 6.07) is 2.98. The van der Waals surface area contributed by atoms with Gasteiger partial charge in [0.2, 0.25) is 0 Å². The van der Waals surface area contributed by atoms with E-state index in [1.807, 2.05) is 0 Å². The lowest BCUT2D eigenvalue weighted by atomic mass is 9.92. The Bertz CT molecular complexity index is 428. The third-order valence-corrected chi connectivity index (χ3v) is 3.13. The van der Waals surface area contributed by atoms with Crippen molar-refractivity contribution in [3.05, 3.63) is 20.8 Å². The van der Waals surface area contributed by atoms with Crippen LogP contribution in [0.2, 0.25) is 0 Å². The molecule has 15 heavy (non-hydrogen) atoms. The van der Waals surface area contributed by atoms with Crippen LogP contribution in [-0.4, -0.2) is 6.17 Å². The number of allylic oxidation sites excluding steroid dienone is 4. The Balaban J connectivity index is 3.27. The first-order valence-corrected chi connectivity index (χ1v) is 4.97. The summed E-state index contributed by atoms with van der Waals surface area (Å²) in [6.07, 6.45) is -2.72. The second-order valence-electron chi connectivity index (χ2n) is 2.83. The van der Waals surface area contributed by atoms with Gasteiger partial charge in [-0.25, -0.2) is 13.2 Å². The van der Waals surface area contributed by atoms with Gasteiger partial charge in [-0.2, -0.15) is 10.5 Å². The second kappa shape index (κ2) is 4.67. The molecule has 0 heterocycles. The van der Waals surface area contributed by atoms with E-state index < -0.39 is 30.2 Å². The first kappa shape index (κ1) is 12.1. The van der Waals surface area contributed by atoms with Gasteiger partial charge in [-0.1, -0.05) is 0 Å². The van der Waals surface area contributed by atoms with Crippen LogP contribution in [-0.2, 0) is 0 Å². The van der Waals surface area contributed by atoms with E-state index in [1.54, 1.807) is 6.07 Å². The van der Waals surface area contributed by atoms with Gasteiger partial charge >= 0.3 is 0 Å². The van der Waals surface area contributed by atoms with Gasteiger partial charge < -0.3 is 0 Å². The zero-order chi connectivity index (χ0) is 11.6. The van der Waals surface area contributed by atoms with E-state index in [4.69, 9.17) is 10.5 Å². The summed E-state index contributed by atoms with van der Waals surface area (Å²) in [5, 5.41) is 16.8. The van der Waals surface area contributed by atoms with Gasteiger partial charge in [0, 0.05) is 5.57 Å². The van der Waals surface area contributed by atoms with Crippen molar-refractivity contribution in [2.75, 3.05) is 0 Å². The molecule has 2 atom stereocenters. The van der Waals surface area contributed by atoms with Crippen LogP contribution in [0.1, 0.15) is 6.42 Å². The van der Waals surface area contributed by atoms with Crippen molar-refractivity contribution in [1.82, 2.24) is 0 Å². The Hall–Kier alpha value is -1.02. The maximum absolute atomic E-state index is 13.3. The summed E-state index contributed by atoms with van der Waals surface area (Å²) >= 11 is 1.47. The number of alkyl halides is 1. The molecular formula is C9H4F3IN2. The second-order valence-corrected chi connectivity index (χ2v) is 3.91. The molecule has 0 aromatic rings. The number of halogens is 4. The minimum Gasteiger partial charge on any atom is -0.238 e. The summed E-state index contributed by atoms with van der Waals surface area (Å²) in [4.78, 5) is 0. The maximum Gasteiger partial charge on any atom is 0.174 e. The first-order chi connectivity index (χ1) is 7.04. The summed E-state index contributed by atoms with van der Waals surface area (Å²) in [6.45, 7) is 0. The molecule has 0 radical (unpaired) electrons. The van der Waals surface area contributed by atoms with Crippen LogP contribution in [0.4, 0.5) is 13.2 Å². The molecule has 0 spiro atoms. The molecule has 1 aliphatic carbocycles. The molecule has 6 heteroatoms. The highest BCUT2D eigenvalue weighted by Crippen LogP contribution is 2.41. The molecule has 0 saturated carbocycles. The van der Waals surface area contributed by atoms with Crippen LogP contribution in [0.15, 0.2) is 20.8 Å². The molecular weight excluding hydrogens is 320 g/mol. The van der Waals surface area contributed by atoms with Crippen molar-refractivity contribution in [3.63, 3.8) is 0 Å². The van der Waals surface area contributed by atoms with Crippen molar-refractivity contribution >= 4 is 22.6 Å². The third kappa shape index (κ3) is 2.00. The van der Waals surface area contributed by atoms with E-state index in [0.717, 1.165) is 0 Å². The number of nitriles is 2. The molecule has 0 saturated heterocycles. The third-order valence-electron chi connectivity index (χ3n) is 1.97. The smallest absolute Gasteiger partial charge is 0.174 e. The van der Waals surface area contributed by atoms with Gasteiger partial charge in [0.15, 0.2) is 6.17 Å². The minimum atomic E-state index is -2.31. The van der Waals surface area contributed by atoms with E-state index in [2.05, 4.69) is 0 Å². The average molecular weight is 324 g/mol. The monoisotopic (exact) mass is 324 g/mol.